The first-order valence-corrected chi connectivity index (χ1v) is 13.7. The molecule has 3 heteroatoms. The fourth-order valence-electron chi connectivity index (χ4n) is 5.22. The Bertz CT molecular complexity index is 1510. The van der Waals surface area contributed by atoms with Crippen molar-refractivity contribution >= 4 is 22.1 Å². The quantitative estimate of drug-likeness (QED) is 0.212. The zero-order valence-corrected chi connectivity index (χ0v) is 22.9. The third kappa shape index (κ3) is 5.28. The van der Waals surface area contributed by atoms with Crippen molar-refractivity contribution in [1.82, 2.24) is 4.98 Å². The van der Waals surface area contributed by atoms with E-state index in [1.165, 1.54) is 38.7 Å². The smallest absolute Gasteiger partial charge is 0.0739 e. The molecular formula is C35H37N3. The van der Waals surface area contributed by atoms with Crippen molar-refractivity contribution in [3.63, 3.8) is 0 Å². The van der Waals surface area contributed by atoms with E-state index in [-0.39, 0.29) is 5.54 Å². The van der Waals surface area contributed by atoms with Crippen LogP contribution in [0.5, 0.6) is 0 Å². The van der Waals surface area contributed by atoms with Crippen molar-refractivity contribution in [1.29, 1.82) is 0 Å². The molecule has 1 heterocycles. The van der Waals surface area contributed by atoms with E-state index in [0.29, 0.717) is 0 Å². The largest absolute Gasteiger partial charge is 0.381 e. The second-order valence-corrected chi connectivity index (χ2v) is 10.4. The van der Waals surface area contributed by atoms with Crippen LogP contribution in [0, 0.1) is 0 Å². The van der Waals surface area contributed by atoms with E-state index in [9.17, 15) is 0 Å². The number of nitrogens with one attached hydrogen (secondary N) is 2. The van der Waals surface area contributed by atoms with Crippen LogP contribution in [0.4, 0.5) is 11.4 Å². The number of nitrogens with zero attached hydrogens (tertiary/aromatic N) is 1. The van der Waals surface area contributed by atoms with Gasteiger partial charge in [-0.3, -0.25) is 4.98 Å². The van der Waals surface area contributed by atoms with E-state index in [1.54, 1.807) is 0 Å². The molecule has 4 aromatic carbocycles. The van der Waals surface area contributed by atoms with Crippen molar-refractivity contribution in [3.8, 4) is 11.3 Å². The van der Waals surface area contributed by atoms with Crippen LogP contribution in [-0.4, -0.2) is 4.98 Å². The summed E-state index contributed by atoms with van der Waals surface area (Å²) >= 11 is 0. The number of hydrogen-bond acceptors (Lipinski definition) is 3. The number of para-hydroxylation sites is 2. The molecule has 1 aromatic heterocycles. The number of anilines is 2. The van der Waals surface area contributed by atoms with Gasteiger partial charge in [0.2, 0.25) is 0 Å². The standard InChI is InChI=1S/C35H37N3/c1-5-25-15-12-16-26(6-2)34(25)38-35(3,4)32-21-13-20-31(37-32)33-28(24-36-29-17-8-7-9-18-29)23-22-27-14-10-11-19-30(27)33/h7-23,36,38H,5-6,24H2,1-4H3. The molecule has 0 aliphatic rings. The van der Waals surface area contributed by atoms with Gasteiger partial charge in [-0.15, -0.1) is 0 Å². The second kappa shape index (κ2) is 11.1. The third-order valence-corrected chi connectivity index (χ3v) is 7.35. The van der Waals surface area contributed by atoms with E-state index < -0.39 is 0 Å². The lowest BCUT2D eigenvalue weighted by molar-refractivity contribution is 0.586. The third-order valence-electron chi connectivity index (χ3n) is 7.35. The number of fused-ring (bicyclic) bond motifs is 1. The van der Waals surface area contributed by atoms with Crippen molar-refractivity contribution in [2.24, 2.45) is 0 Å². The van der Waals surface area contributed by atoms with Crippen LogP contribution in [0.15, 0.2) is 103 Å². The van der Waals surface area contributed by atoms with Gasteiger partial charge in [-0.05, 0) is 78.4 Å². The molecule has 0 bridgehead atoms. The summed E-state index contributed by atoms with van der Waals surface area (Å²) in [5, 5.41) is 9.92. The first-order valence-electron chi connectivity index (χ1n) is 13.7. The summed E-state index contributed by atoms with van der Waals surface area (Å²) in [5.74, 6) is 0. The molecule has 0 aliphatic heterocycles. The summed E-state index contributed by atoms with van der Waals surface area (Å²) in [4.78, 5) is 5.30. The molecule has 0 amide bonds. The number of aryl methyl sites for hydroxylation is 2. The first kappa shape index (κ1) is 25.5. The molecule has 0 unspecified atom stereocenters. The molecule has 0 aliphatic carbocycles. The predicted molar refractivity (Wildman–Crippen MR) is 163 cm³/mol. The zero-order chi connectivity index (χ0) is 26.5. The van der Waals surface area contributed by atoms with Crippen LogP contribution < -0.4 is 10.6 Å². The van der Waals surface area contributed by atoms with Gasteiger partial charge in [0.15, 0.2) is 0 Å². The summed E-state index contributed by atoms with van der Waals surface area (Å²) in [6, 6.07) is 36.5. The molecule has 0 atom stereocenters. The zero-order valence-electron chi connectivity index (χ0n) is 22.9. The number of benzene rings is 4. The van der Waals surface area contributed by atoms with Crippen molar-refractivity contribution in [2.75, 3.05) is 10.6 Å². The lowest BCUT2D eigenvalue weighted by Gasteiger charge is -2.30. The Morgan fingerprint density at radius 2 is 1.34 bits per heavy atom. The lowest BCUT2D eigenvalue weighted by atomic mass is 9.93. The van der Waals surface area contributed by atoms with Crippen LogP contribution in [0.25, 0.3) is 22.0 Å². The summed E-state index contributed by atoms with van der Waals surface area (Å²) in [5.41, 5.74) is 9.14. The van der Waals surface area contributed by atoms with Gasteiger partial charge in [-0.2, -0.15) is 0 Å². The molecule has 0 saturated heterocycles. The van der Waals surface area contributed by atoms with Crippen molar-refractivity contribution < 1.29 is 0 Å². The van der Waals surface area contributed by atoms with E-state index in [0.717, 1.165) is 36.5 Å². The maximum Gasteiger partial charge on any atom is 0.0739 e. The Balaban J connectivity index is 1.56. The Morgan fingerprint density at radius 1 is 0.658 bits per heavy atom. The number of hydrogen-bond donors (Lipinski definition) is 2. The molecule has 5 rings (SSSR count). The second-order valence-electron chi connectivity index (χ2n) is 10.4. The molecule has 192 valence electrons. The highest BCUT2D eigenvalue weighted by Gasteiger charge is 2.25. The van der Waals surface area contributed by atoms with Gasteiger partial charge in [0.1, 0.15) is 0 Å². The summed E-state index contributed by atoms with van der Waals surface area (Å²) < 4.78 is 0. The Hall–Kier alpha value is -4.11. The van der Waals surface area contributed by atoms with E-state index in [4.69, 9.17) is 4.98 Å². The molecule has 0 fully saturated rings. The van der Waals surface area contributed by atoms with Gasteiger partial charge in [-0.1, -0.05) is 92.7 Å². The number of pyridine rings is 1. The Kier molecular flexibility index (Phi) is 7.46. The minimum Gasteiger partial charge on any atom is -0.381 e. The summed E-state index contributed by atoms with van der Waals surface area (Å²) in [7, 11) is 0. The van der Waals surface area contributed by atoms with Crippen molar-refractivity contribution in [2.45, 2.75) is 52.6 Å². The predicted octanol–water partition coefficient (Wildman–Crippen LogP) is 8.99. The average Bonchev–Trinajstić information content (AvgIpc) is 2.96. The lowest BCUT2D eigenvalue weighted by Crippen LogP contribution is -2.30. The van der Waals surface area contributed by atoms with Gasteiger partial charge in [0.05, 0.1) is 16.9 Å². The highest BCUT2D eigenvalue weighted by atomic mass is 15.0. The maximum absolute atomic E-state index is 5.30. The Labute approximate surface area is 227 Å². The van der Waals surface area contributed by atoms with E-state index in [2.05, 4.69) is 135 Å². The molecule has 0 spiro atoms. The molecule has 3 nitrogen and oxygen atoms in total. The van der Waals surface area contributed by atoms with Gasteiger partial charge in [0, 0.05) is 23.5 Å². The number of rotatable bonds is 9. The van der Waals surface area contributed by atoms with Crippen LogP contribution in [-0.2, 0) is 24.9 Å². The fraction of sp³-hybridized carbons (Fsp3) is 0.229. The minimum atomic E-state index is -0.349. The van der Waals surface area contributed by atoms with Crippen LogP contribution in [0.2, 0.25) is 0 Å². The minimum absolute atomic E-state index is 0.349. The van der Waals surface area contributed by atoms with Crippen LogP contribution >= 0.6 is 0 Å². The maximum atomic E-state index is 5.30. The van der Waals surface area contributed by atoms with Crippen molar-refractivity contribution in [3.05, 3.63) is 126 Å². The molecule has 0 saturated carbocycles. The topological polar surface area (TPSA) is 37.0 Å². The van der Waals surface area contributed by atoms with E-state index in [1.807, 2.05) is 6.07 Å². The van der Waals surface area contributed by atoms with Gasteiger partial charge in [0.25, 0.3) is 0 Å². The highest BCUT2D eigenvalue weighted by Crippen LogP contribution is 2.35. The average molecular weight is 500 g/mol. The van der Waals surface area contributed by atoms with Gasteiger partial charge < -0.3 is 10.6 Å². The van der Waals surface area contributed by atoms with Crippen LogP contribution in [0.3, 0.4) is 0 Å². The SMILES string of the molecule is CCc1cccc(CC)c1NC(C)(C)c1cccc(-c2c(CNc3ccccc3)ccc3ccccc23)n1. The molecule has 5 aromatic rings. The number of aromatic nitrogens is 1. The Morgan fingerprint density at radius 3 is 2.08 bits per heavy atom. The summed E-state index contributed by atoms with van der Waals surface area (Å²) in [6.45, 7) is 9.62. The van der Waals surface area contributed by atoms with Gasteiger partial charge in [-0.25, -0.2) is 0 Å². The monoisotopic (exact) mass is 499 g/mol. The molecule has 0 radical (unpaired) electrons. The normalized spacial score (nSPS) is 11.5. The van der Waals surface area contributed by atoms with E-state index >= 15 is 0 Å². The summed E-state index contributed by atoms with van der Waals surface area (Å²) in [6.07, 6.45) is 1.99. The fourth-order valence-corrected chi connectivity index (χ4v) is 5.22. The molecule has 38 heavy (non-hydrogen) atoms. The van der Waals surface area contributed by atoms with Crippen LogP contribution in [0.1, 0.15) is 50.1 Å². The first-order chi connectivity index (χ1) is 18.5. The highest BCUT2D eigenvalue weighted by molar-refractivity contribution is 5.97. The van der Waals surface area contributed by atoms with Gasteiger partial charge >= 0.3 is 0 Å². The molecular weight excluding hydrogens is 462 g/mol. The molecule has 2 N–H and O–H groups in total.